The molecule has 0 aliphatic heterocycles. The zero-order chi connectivity index (χ0) is 6.41. The molecule has 0 atom stereocenters. The van der Waals surface area contributed by atoms with Crippen molar-refractivity contribution < 1.29 is 0 Å². The van der Waals surface area contributed by atoms with Crippen molar-refractivity contribution in [2.45, 2.75) is 40.5 Å². The molecule has 0 aromatic carbocycles. The van der Waals surface area contributed by atoms with Gasteiger partial charge in [0.1, 0.15) is 0 Å². The van der Waals surface area contributed by atoms with Crippen molar-refractivity contribution in [3.8, 4) is 0 Å². The van der Waals surface area contributed by atoms with E-state index in [4.69, 9.17) is 0 Å². The maximum atomic E-state index is 2.37. The van der Waals surface area contributed by atoms with E-state index in [-0.39, 0.29) is 0 Å². The van der Waals surface area contributed by atoms with Gasteiger partial charge in [-0.25, -0.2) is 0 Å². The van der Waals surface area contributed by atoms with E-state index in [0.717, 1.165) is 0 Å². The van der Waals surface area contributed by atoms with E-state index in [1.807, 2.05) is 0 Å². The Morgan fingerprint density at radius 2 is 1.50 bits per heavy atom. The van der Waals surface area contributed by atoms with Crippen molar-refractivity contribution >= 4 is 19.8 Å². The second kappa shape index (κ2) is 5.93. The van der Waals surface area contributed by atoms with Crippen LogP contribution in [0.15, 0.2) is 0 Å². The summed E-state index contributed by atoms with van der Waals surface area (Å²) < 4.78 is 4.74. The Hall–Kier alpha value is 0.799. The zero-order valence-corrected chi connectivity index (χ0v) is 9.18. The van der Waals surface area contributed by atoms with Crippen LogP contribution < -0.4 is 0 Å². The molecule has 0 nitrogen and oxygen atoms in total. The predicted molar refractivity (Wildman–Crippen MR) is 41.8 cm³/mol. The van der Waals surface area contributed by atoms with Gasteiger partial charge in [0.2, 0.25) is 0 Å². The van der Waals surface area contributed by atoms with Gasteiger partial charge in [0.15, 0.2) is 0 Å². The number of hydrogen-bond donors (Lipinski definition) is 0. The topological polar surface area (TPSA) is 0 Å². The monoisotopic (exact) mass is 221 g/mol. The Morgan fingerprint density at radius 3 is 1.62 bits per heavy atom. The van der Waals surface area contributed by atoms with E-state index in [0.29, 0.717) is 0 Å². The van der Waals surface area contributed by atoms with Gasteiger partial charge in [0.25, 0.3) is 0 Å². The Morgan fingerprint density at radius 1 is 1.00 bits per heavy atom. The third kappa shape index (κ3) is 3.76. The summed E-state index contributed by atoms with van der Waals surface area (Å²) in [6.45, 7) is 7.05. The molecular formula is C7H17Sn. The zero-order valence-electron chi connectivity index (χ0n) is 6.33. The van der Waals surface area contributed by atoms with Gasteiger partial charge in [0.05, 0.1) is 0 Å². The summed E-state index contributed by atoms with van der Waals surface area (Å²) in [6.07, 6.45) is 1.44. The average Bonchev–Trinajstić information content (AvgIpc) is 1.83. The van der Waals surface area contributed by atoms with Crippen molar-refractivity contribution in [1.82, 2.24) is 0 Å². The Bertz CT molecular complexity index is 39.7. The van der Waals surface area contributed by atoms with Crippen molar-refractivity contribution in [2.75, 3.05) is 0 Å². The predicted octanol–water partition coefficient (Wildman–Crippen LogP) is 2.93. The van der Waals surface area contributed by atoms with Gasteiger partial charge in [-0.05, 0) is 0 Å². The second-order valence-electron chi connectivity index (χ2n) is 2.21. The fourth-order valence-electron chi connectivity index (χ4n) is 0.957. The molecule has 0 saturated heterocycles. The fraction of sp³-hybridized carbons (Fsp3) is 1.00. The van der Waals surface area contributed by atoms with Gasteiger partial charge >= 0.3 is 60.3 Å². The molecule has 0 amide bonds. The minimum atomic E-state index is -0.688. The van der Waals surface area contributed by atoms with E-state index in [2.05, 4.69) is 20.8 Å². The fourth-order valence-corrected chi connectivity index (χ4v) is 6.42. The first-order chi connectivity index (χ1) is 3.85. The summed E-state index contributed by atoms with van der Waals surface area (Å²) in [5.74, 6) is 0. The molecule has 0 rings (SSSR count). The molecule has 0 aromatic rings. The average molecular weight is 220 g/mol. The first-order valence-corrected chi connectivity index (χ1v) is 9.74. The van der Waals surface area contributed by atoms with Crippen LogP contribution in [0.5, 0.6) is 0 Å². The standard InChI is InChI=1S/C3H7.2C2H5.Sn/c1-3-2;2*1-2;/h1,3H2,2H3;2*1H2,2H3;. The molecule has 49 valence electrons. The molecule has 8 heavy (non-hydrogen) atoms. The SMILES string of the molecule is CC[CH2][Sn]([CH2]C)[CH2]C. The van der Waals surface area contributed by atoms with Gasteiger partial charge in [0, 0.05) is 0 Å². The van der Waals surface area contributed by atoms with Crippen LogP contribution in [0.1, 0.15) is 27.2 Å². The van der Waals surface area contributed by atoms with Crippen LogP contribution in [0.2, 0.25) is 13.3 Å². The van der Waals surface area contributed by atoms with Crippen LogP contribution >= 0.6 is 0 Å². The van der Waals surface area contributed by atoms with Gasteiger partial charge < -0.3 is 0 Å². The van der Waals surface area contributed by atoms with Gasteiger partial charge in [-0.1, -0.05) is 0 Å². The van der Waals surface area contributed by atoms with Crippen molar-refractivity contribution in [2.24, 2.45) is 0 Å². The Labute approximate surface area is 60.4 Å². The molecule has 0 aromatic heterocycles. The van der Waals surface area contributed by atoms with Crippen LogP contribution in [-0.2, 0) is 0 Å². The van der Waals surface area contributed by atoms with Gasteiger partial charge in [-0.2, -0.15) is 0 Å². The minimum absolute atomic E-state index is 0.688. The van der Waals surface area contributed by atoms with Crippen LogP contribution in [0.3, 0.4) is 0 Å². The molecule has 0 spiro atoms. The van der Waals surface area contributed by atoms with Crippen LogP contribution in [0.4, 0.5) is 0 Å². The Balaban J connectivity index is 3.07. The Kier molecular flexibility index (Phi) is 6.52. The summed E-state index contributed by atoms with van der Waals surface area (Å²) in [5, 5.41) is 0. The quantitative estimate of drug-likeness (QED) is 0.638. The number of hydrogen-bond acceptors (Lipinski definition) is 0. The summed E-state index contributed by atoms with van der Waals surface area (Å²) in [4.78, 5) is 0. The third-order valence-corrected chi connectivity index (χ3v) is 10.8. The van der Waals surface area contributed by atoms with E-state index in [1.54, 1.807) is 13.3 Å². The van der Waals surface area contributed by atoms with E-state index in [9.17, 15) is 0 Å². The molecule has 0 fully saturated rings. The molecule has 0 aliphatic carbocycles. The van der Waals surface area contributed by atoms with Crippen LogP contribution in [0.25, 0.3) is 0 Å². The summed E-state index contributed by atoms with van der Waals surface area (Å²) >= 11 is -0.688. The summed E-state index contributed by atoms with van der Waals surface area (Å²) in [5.41, 5.74) is 0. The third-order valence-electron chi connectivity index (χ3n) is 1.60. The molecule has 1 heteroatoms. The van der Waals surface area contributed by atoms with E-state index < -0.39 is 19.8 Å². The van der Waals surface area contributed by atoms with Gasteiger partial charge in [-0.3, -0.25) is 0 Å². The summed E-state index contributed by atoms with van der Waals surface area (Å²) in [7, 11) is 0. The molecule has 0 unspecified atom stereocenters. The molecular weight excluding hydrogens is 203 g/mol. The maximum absolute atomic E-state index is 2.37. The van der Waals surface area contributed by atoms with Crippen LogP contribution in [0, 0.1) is 0 Å². The molecule has 0 aliphatic rings. The van der Waals surface area contributed by atoms with Crippen LogP contribution in [-0.4, -0.2) is 19.8 Å². The van der Waals surface area contributed by atoms with E-state index >= 15 is 0 Å². The first kappa shape index (κ1) is 8.80. The first-order valence-electron chi connectivity index (χ1n) is 3.68. The molecule has 0 saturated carbocycles. The van der Waals surface area contributed by atoms with Gasteiger partial charge in [-0.15, -0.1) is 0 Å². The second-order valence-corrected chi connectivity index (χ2v) is 12.0. The molecule has 0 bridgehead atoms. The summed E-state index contributed by atoms with van der Waals surface area (Å²) in [6, 6.07) is 0. The molecule has 0 heterocycles. The van der Waals surface area contributed by atoms with Crippen molar-refractivity contribution in [3.63, 3.8) is 0 Å². The molecule has 0 N–H and O–H groups in total. The van der Waals surface area contributed by atoms with E-state index in [1.165, 1.54) is 6.42 Å². The molecule has 1 radical (unpaired) electrons. The van der Waals surface area contributed by atoms with Crippen molar-refractivity contribution in [1.29, 1.82) is 0 Å². The van der Waals surface area contributed by atoms with Crippen molar-refractivity contribution in [3.05, 3.63) is 0 Å². The normalized spacial score (nSPS) is 10.5. The number of rotatable bonds is 4.